The normalized spacial score (nSPS) is 21.5. The van der Waals surface area contributed by atoms with Gasteiger partial charge in [0.05, 0.1) is 25.9 Å². The van der Waals surface area contributed by atoms with Crippen LogP contribution in [0.1, 0.15) is 48.5 Å². The van der Waals surface area contributed by atoms with Crippen LogP contribution < -0.4 is 0 Å². The van der Waals surface area contributed by atoms with Gasteiger partial charge < -0.3 is 18.5 Å². The summed E-state index contributed by atoms with van der Waals surface area (Å²) in [6.07, 6.45) is 1.15. The molecule has 0 aromatic rings. The standard InChI is InChI=1S/C16H30NO6P/c1-8-21-24(19,22-9-2)11-10-13-12-20-16(6,7)17(13)14(18)23-15(3,4)5/h10-11,13H,8-9,12H2,1-7H3. The molecule has 8 heteroatoms. The number of amides is 1. The lowest BCUT2D eigenvalue weighted by molar-refractivity contribution is -0.0610. The molecule has 1 atom stereocenters. The summed E-state index contributed by atoms with van der Waals surface area (Å²) in [4.78, 5) is 14.0. The average molecular weight is 363 g/mol. The Bertz CT molecular complexity index is 501. The molecule has 7 nitrogen and oxygen atoms in total. The maximum absolute atomic E-state index is 12.5. The first kappa shape index (κ1) is 21.2. The Labute approximate surface area is 144 Å². The maximum Gasteiger partial charge on any atom is 0.413 e. The highest BCUT2D eigenvalue weighted by atomic mass is 31.2. The van der Waals surface area contributed by atoms with Crippen LogP contribution in [-0.4, -0.2) is 48.2 Å². The lowest BCUT2D eigenvalue weighted by Crippen LogP contribution is -2.49. The van der Waals surface area contributed by atoms with Crippen molar-refractivity contribution in [2.24, 2.45) is 0 Å². The van der Waals surface area contributed by atoms with Crippen molar-refractivity contribution in [3.8, 4) is 0 Å². The molecule has 1 rings (SSSR count). The molecular weight excluding hydrogens is 333 g/mol. The van der Waals surface area contributed by atoms with Gasteiger partial charge in [-0.15, -0.1) is 0 Å². The zero-order chi connectivity index (χ0) is 18.6. The Morgan fingerprint density at radius 2 is 1.83 bits per heavy atom. The van der Waals surface area contributed by atoms with E-state index in [9.17, 15) is 9.36 Å². The minimum atomic E-state index is -3.33. The van der Waals surface area contributed by atoms with Crippen molar-refractivity contribution in [2.75, 3.05) is 19.8 Å². The summed E-state index contributed by atoms with van der Waals surface area (Å²) in [6, 6.07) is -0.413. The third-order valence-corrected chi connectivity index (χ3v) is 4.99. The fourth-order valence-electron chi connectivity index (χ4n) is 2.33. The van der Waals surface area contributed by atoms with Crippen LogP contribution in [0.2, 0.25) is 0 Å². The van der Waals surface area contributed by atoms with Gasteiger partial charge in [0.25, 0.3) is 0 Å². The van der Waals surface area contributed by atoms with Gasteiger partial charge >= 0.3 is 13.7 Å². The maximum atomic E-state index is 12.5. The molecule has 1 heterocycles. The highest BCUT2D eigenvalue weighted by Crippen LogP contribution is 2.50. The quantitative estimate of drug-likeness (QED) is 0.660. The molecule has 1 amide bonds. The van der Waals surface area contributed by atoms with E-state index in [0.29, 0.717) is 0 Å². The molecule has 0 aliphatic carbocycles. The molecule has 0 radical (unpaired) electrons. The van der Waals surface area contributed by atoms with Crippen molar-refractivity contribution in [1.29, 1.82) is 0 Å². The van der Waals surface area contributed by atoms with Crippen molar-refractivity contribution in [2.45, 2.75) is 65.8 Å². The molecule has 1 aliphatic rings. The predicted molar refractivity (Wildman–Crippen MR) is 91.9 cm³/mol. The molecule has 24 heavy (non-hydrogen) atoms. The Hall–Kier alpha value is -0.880. The first-order valence-corrected chi connectivity index (χ1v) is 9.79. The molecule has 1 fully saturated rings. The van der Waals surface area contributed by atoms with Crippen LogP contribution in [0.4, 0.5) is 4.79 Å². The predicted octanol–water partition coefficient (Wildman–Crippen LogP) is 4.14. The first-order chi connectivity index (χ1) is 10.9. The molecule has 1 saturated heterocycles. The summed E-state index contributed by atoms with van der Waals surface area (Å²) in [5, 5.41) is 0. The highest BCUT2D eigenvalue weighted by molar-refractivity contribution is 7.57. The van der Waals surface area contributed by atoms with Gasteiger partial charge in [-0.3, -0.25) is 9.46 Å². The summed E-state index contributed by atoms with van der Waals surface area (Å²) in [6.45, 7) is 13.3. The van der Waals surface area contributed by atoms with Gasteiger partial charge in [-0.2, -0.15) is 0 Å². The van der Waals surface area contributed by atoms with Crippen LogP contribution in [-0.2, 0) is 23.1 Å². The lowest BCUT2D eigenvalue weighted by atomic mass is 10.2. The number of hydrogen-bond donors (Lipinski definition) is 0. The number of rotatable bonds is 6. The Kier molecular flexibility index (Phi) is 7.05. The summed E-state index contributed by atoms with van der Waals surface area (Å²) in [5.74, 6) is 1.40. The Morgan fingerprint density at radius 1 is 1.29 bits per heavy atom. The van der Waals surface area contributed by atoms with Crippen molar-refractivity contribution in [3.63, 3.8) is 0 Å². The van der Waals surface area contributed by atoms with E-state index in [1.165, 1.54) is 10.7 Å². The van der Waals surface area contributed by atoms with Crippen LogP contribution in [0, 0.1) is 0 Å². The lowest BCUT2D eigenvalue weighted by Gasteiger charge is -2.34. The highest BCUT2D eigenvalue weighted by Gasteiger charge is 2.45. The molecule has 1 unspecified atom stereocenters. The monoisotopic (exact) mass is 363 g/mol. The zero-order valence-electron chi connectivity index (χ0n) is 15.7. The molecule has 0 saturated carbocycles. The van der Waals surface area contributed by atoms with Gasteiger partial charge in [-0.05, 0) is 48.5 Å². The Morgan fingerprint density at radius 3 is 2.29 bits per heavy atom. The van der Waals surface area contributed by atoms with E-state index in [4.69, 9.17) is 18.5 Å². The van der Waals surface area contributed by atoms with Crippen LogP contribution in [0.5, 0.6) is 0 Å². The third kappa shape index (κ3) is 5.88. The van der Waals surface area contributed by atoms with Gasteiger partial charge in [-0.1, -0.05) is 6.08 Å². The van der Waals surface area contributed by atoms with Crippen molar-refractivity contribution in [3.05, 3.63) is 11.9 Å². The third-order valence-electron chi connectivity index (χ3n) is 3.22. The van der Waals surface area contributed by atoms with Crippen LogP contribution >= 0.6 is 7.60 Å². The number of ether oxygens (including phenoxy) is 2. The molecular formula is C16H30NO6P. The van der Waals surface area contributed by atoms with E-state index >= 15 is 0 Å². The Balaban J connectivity index is 2.98. The summed E-state index contributed by atoms with van der Waals surface area (Å²) < 4.78 is 34.1. The summed E-state index contributed by atoms with van der Waals surface area (Å²) >= 11 is 0. The number of nitrogens with zero attached hydrogens (tertiary/aromatic N) is 1. The van der Waals surface area contributed by atoms with Crippen LogP contribution in [0.15, 0.2) is 11.9 Å². The molecule has 0 bridgehead atoms. The van der Waals surface area contributed by atoms with Crippen molar-refractivity contribution in [1.82, 2.24) is 4.90 Å². The van der Waals surface area contributed by atoms with Gasteiger partial charge in [0.2, 0.25) is 0 Å². The number of hydrogen-bond acceptors (Lipinski definition) is 6. The van der Waals surface area contributed by atoms with E-state index < -0.39 is 31.1 Å². The minimum absolute atomic E-state index is 0.268. The SMILES string of the molecule is CCOP(=O)(C=CC1COC(C)(C)N1C(=O)OC(C)(C)C)OCC. The van der Waals surface area contributed by atoms with Crippen molar-refractivity contribution >= 4 is 13.7 Å². The molecule has 0 aromatic carbocycles. The van der Waals surface area contributed by atoms with Gasteiger partial charge in [0, 0.05) is 5.82 Å². The summed E-state index contributed by atoms with van der Waals surface area (Å²) in [5.41, 5.74) is -1.44. The number of carbonyl (C=O) groups is 1. The molecule has 0 spiro atoms. The van der Waals surface area contributed by atoms with Crippen LogP contribution in [0.25, 0.3) is 0 Å². The second-order valence-corrected chi connectivity index (χ2v) is 8.79. The van der Waals surface area contributed by atoms with E-state index in [-0.39, 0.29) is 19.8 Å². The molecule has 140 valence electrons. The second-order valence-electron chi connectivity index (χ2n) is 6.89. The first-order valence-electron chi connectivity index (χ1n) is 8.18. The largest absolute Gasteiger partial charge is 0.444 e. The molecule has 0 aromatic heterocycles. The molecule has 0 N–H and O–H groups in total. The number of carbonyl (C=O) groups excluding carboxylic acids is 1. The van der Waals surface area contributed by atoms with E-state index in [1.54, 1.807) is 54.5 Å². The topological polar surface area (TPSA) is 74.3 Å². The fourth-order valence-corrected chi connectivity index (χ4v) is 3.70. The van der Waals surface area contributed by atoms with Gasteiger partial charge in [0.1, 0.15) is 11.3 Å². The van der Waals surface area contributed by atoms with E-state index in [1.807, 2.05) is 0 Å². The van der Waals surface area contributed by atoms with Crippen LogP contribution in [0.3, 0.4) is 0 Å². The van der Waals surface area contributed by atoms with Gasteiger partial charge in [-0.25, -0.2) is 4.79 Å². The fraction of sp³-hybridized carbons (Fsp3) is 0.812. The molecule has 1 aliphatic heterocycles. The van der Waals surface area contributed by atoms with Crippen molar-refractivity contribution < 1.29 is 27.9 Å². The second kappa shape index (κ2) is 8.00. The minimum Gasteiger partial charge on any atom is -0.444 e. The smallest absolute Gasteiger partial charge is 0.413 e. The van der Waals surface area contributed by atoms with E-state index in [0.717, 1.165) is 0 Å². The van der Waals surface area contributed by atoms with Gasteiger partial charge in [0.15, 0.2) is 0 Å². The average Bonchev–Trinajstić information content (AvgIpc) is 2.70. The zero-order valence-corrected chi connectivity index (χ0v) is 16.6. The van der Waals surface area contributed by atoms with E-state index in [2.05, 4.69) is 0 Å². The summed E-state index contributed by atoms with van der Waals surface area (Å²) in [7, 11) is -3.33.